The first-order chi connectivity index (χ1) is 14.3. The van der Waals surface area contributed by atoms with Crippen LogP contribution in [0.2, 0.25) is 0 Å². The Morgan fingerprint density at radius 1 is 1.27 bits per heavy atom. The number of carbonyl (C=O) groups is 1. The number of aliphatic hydroxyl groups excluding tert-OH is 1. The Kier molecular flexibility index (Phi) is 5.84. The molecule has 2 aromatic rings. The lowest BCUT2D eigenvalue weighted by Gasteiger charge is -2.30. The predicted octanol–water partition coefficient (Wildman–Crippen LogP) is 2.16. The van der Waals surface area contributed by atoms with E-state index in [9.17, 15) is 23.1 Å². The number of nitrogens with one attached hydrogen (secondary N) is 1. The zero-order valence-electron chi connectivity index (χ0n) is 16.5. The van der Waals surface area contributed by atoms with E-state index >= 15 is 0 Å². The maximum Gasteiger partial charge on any atom is 0.393 e. The molecule has 0 bridgehead atoms. The van der Waals surface area contributed by atoms with Gasteiger partial charge in [0.2, 0.25) is 0 Å². The molecule has 6 nitrogen and oxygen atoms in total. The van der Waals surface area contributed by atoms with Gasteiger partial charge in [-0.15, -0.1) is 0 Å². The molecule has 0 saturated carbocycles. The first kappa shape index (κ1) is 20.9. The number of aromatic nitrogens is 2. The normalized spacial score (nSPS) is 20.3. The quantitative estimate of drug-likeness (QED) is 0.775. The van der Waals surface area contributed by atoms with Crippen LogP contribution >= 0.6 is 0 Å². The van der Waals surface area contributed by atoms with Crippen LogP contribution in [0.4, 0.5) is 13.2 Å². The summed E-state index contributed by atoms with van der Waals surface area (Å²) in [4.78, 5) is 18.7. The molecule has 9 heteroatoms. The van der Waals surface area contributed by atoms with Crippen LogP contribution < -0.4 is 5.32 Å². The molecule has 3 heterocycles. The zero-order chi connectivity index (χ0) is 21.3. The summed E-state index contributed by atoms with van der Waals surface area (Å²) < 4.78 is 40.2. The highest BCUT2D eigenvalue weighted by Gasteiger charge is 2.41. The third-order valence-electron chi connectivity index (χ3n) is 5.87. The second kappa shape index (κ2) is 8.39. The van der Waals surface area contributed by atoms with E-state index < -0.39 is 24.1 Å². The molecule has 1 aromatic carbocycles. The topological polar surface area (TPSA) is 70.4 Å². The van der Waals surface area contributed by atoms with Crippen molar-refractivity contribution >= 4 is 5.91 Å². The number of alkyl halides is 3. The van der Waals surface area contributed by atoms with E-state index in [-0.39, 0.29) is 31.6 Å². The lowest BCUT2D eigenvalue weighted by molar-refractivity contribution is -0.182. The predicted molar refractivity (Wildman–Crippen MR) is 104 cm³/mol. The summed E-state index contributed by atoms with van der Waals surface area (Å²) in [6.07, 6.45) is -2.52. The number of benzene rings is 1. The molecule has 0 unspecified atom stereocenters. The molecule has 2 aliphatic heterocycles. The number of amides is 1. The van der Waals surface area contributed by atoms with E-state index in [4.69, 9.17) is 0 Å². The number of imidazole rings is 1. The summed E-state index contributed by atoms with van der Waals surface area (Å²) in [6, 6.07) is 8.22. The van der Waals surface area contributed by atoms with Crippen molar-refractivity contribution in [2.24, 2.45) is 5.92 Å². The molecule has 2 atom stereocenters. The minimum absolute atomic E-state index is 0.0146. The maximum atomic E-state index is 12.9. The fourth-order valence-electron chi connectivity index (χ4n) is 4.19. The number of rotatable bonds is 5. The summed E-state index contributed by atoms with van der Waals surface area (Å²) in [6.45, 7) is 1.88. The summed E-state index contributed by atoms with van der Waals surface area (Å²) >= 11 is 0. The minimum atomic E-state index is -4.25. The van der Waals surface area contributed by atoms with Gasteiger partial charge in [0.25, 0.3) is 5.91 Å². The van der Waals surface area contributed by atoms with Crippen LogP contribution in [0.5, 0.6) is 0 Å². The lowest BCUT2D eigenvalue weighted by Crippen LogP contribution is -2.42. The van der Waals surface area contributed by atoms with Gasteiger partial charge in [-0.05, 0) is 24.0 Å². The van der Waals surface area contributed by atoms with Crippen LogP contribution in [0.3, 0.4) is 0 Å². The summed E-state index contributed by atoms with van der Waals surface area (Å²) in [5.74, 6) is -1.40. The van der Waals surface area contributed by atoms with Crippen molar-refractivity contribution in [3.8, 4) is 0 Å². The van der Waals surface area contributed by atoms with Crippen molar-refractivity contribution in [3.63, 3.8) is 0 Å². The number of hydrogen-bond donors (Lipinski definition) is 2. The Bertz CT molecular complexity index is 912. The maximum absolute atomic E-state index is 12.9. The Labute approximate surface area is 172 Å². The smallest absolute Gasteiger partial charge is 0.390 e. The highest BCUT2D eigenvalue weighted by Crippen LogP contribution is 2.34. The second-order valence-corrected chi connectivity index (χ2v) is 8.09. The van der Waals surface area contributed by atoms with Crippen molar-refractivity contribution < 1.29 is 23.1 Å². The Morgan fingerprint density at radius 2 is 2.03 bits per heavy atom. The van der Waals surface area contributed by atoms with Gasteiger partial charge in [0, 0.05) is 45.3 Å². The van der Waals surface area contributed by atoms with Gasteiger partial charge in [0.15, 0.2) is 0 Å². The van der Waals surface area contributed by atoms with E-state index in [2.05, 4.69) is 27.3 Å². The Balaban J connectivity index is 1.28. The fourth-order valence-corrected chi connectivity index (χ4v) is 4.19. The van der Waals surface area contributed by atoms with Gasteiger partial charge >= 0.3 is 6.18 Å². The van der Waals surface area contributed by atoms with Gasteiger partial charge in [-0.2, -0.15) is 13.2 Å². The number of aliphatic hydroxyl groups is 1. The first-order valence-electron chi connectivity index (χ1n) is 10.2. The first-order valence-corrected chi connectivity index (χ1v) is 10.2. The van der Waals surface area contributed by atoms with Gasteiger partial charge < -0.3 is 15.0 Å². The van der Waals surface area contributed by atoms with E-state index in [1.54, 1.807) is 0 Å². The SMILES string of the molecule is O=C(NC[C@H](O)CN1CCc2ccccc2C1)c1cn2c(n1)CC[C@@H](C(F)(F)F)C2. The van der Waals surface area contributed by atoms with E-state index in [0.29, 0.717) is 12.4 Å². The van der Waals surface area contributed by atoms with E-state index in [1.165, 1.54) is 21.9 Å². The molecule has 1 amide bonds. The van der Waals surface area contributed by atoms with Crippen LogP contribution in [0.25, 0.3) is 0 Å². The van der Waals surface area contributed by atoms with Gasteiger partial charge in [-0.3, -0.25) is 9.69 Å². The molecular formula is C21H25F3N4O2. The third-order valence-corrected chi connectivity index (χ3v) is 5.87. The standard InChI is InChI=1S/C21H25F3N4O2/c22-21(23,24)16-5-6-19-26-18(13-28(19)11-16)20(30)25-9-17(29)12-27-8-7-14-3-1-2-4-15(14)10-27/h1-4,13,16-17,29H,5-12H2,(H,25,30)/t16-,17+/m1/s1. The number of carbonyl (C=O) groups excluding carboxylic acids is 1. The molecule has 2 N–H and O–H groups in total. The highest BCUT2D eigenvalue weighted by molar-refractivity contribution is 5.92. The molecule has 0 aliphatic carbocycles. The molecule has 1 aromatic heterocycles. The number of fused-ring (bicyclic) bond motifs is 2. The minimum Gasteiger partial charge on any atom is -0.390 e. The average molecular weight is 422 g/mol. The Hall–Kier alpha value is -2.39. The molecule has 0 radical (unpaired) electrons. The average Bonchev–Trinajstić information content (AvgIpc) is 3.15. The molecule has 0 saturated heterocycles. The zero-order valence-corrected chi connectivity index (χ0v) is 16.5. The monoisotopic (exact) mass is 422 g/mol. The number of halogens is 3. The van der Waals surface area contributed by atoms with Crippen molar-refractivity contribution in [2.45, 2.75) is 44.6 Å². The Morgan fingerprint density at radius 3 is 2.80 bits per heavy atom. The van der Waals surface area contributed by atoms with Gasteiger partial charge in [-0.1, -0.05) is 24.3 Å². The number of β-amino-alcohol motifs (C(OH)–C–C–N with tert-alkyl or cyclic N) is 1. The molecule has 0 fully saturated rings. The number of hydrogen-bond acceptors (Lipinski definition) is 4. The lowest BCUT2D eigenvalue weighted by atomic mass is 9.99. The van der Waals surface area contributed by atoms with Crippen molar-refractivity contribution in [2.75, 3.05) is 19.6 Å². The molecule has 2 aliphatic rings. The summed E-state index contributed by atoms with van der Waals surface area (Å²) in [5.41, 5.74) is 2.67. The van der Waals surface area contributed by atoms with Gasteiger partial charge in [0.1, 0.15) is 11.5 Å². The molecule has 4 rings (SSSR count). The van der Waals surface area contributed by atoms with Crippen molar-refractivity contribution in [3.05, 3.63) is 53.1 Å². The highest BCUT2D eigenvalue weighted by atomic mass is 19.4. The van der Waals surface area contributed by atoms with Crippen molar-refractivity contribution in [1.29, 1.82) is 0 Å². The van der Waals surface area contributed by atoms with Crippen LogP contribution in [-0.2, 0) is 25.9 Å². The molecule has 0 spiro atoms. The molecule has 30 heavy (non-hydrogen) atoms. The number of nitrogens with zero attached hydrogens (tertiary/aromatic N) is 3. The largest absolute Gasteiger partial charge is 0.393 e. The summed E-state index contributed by atoms with van der Waals surface area (Å²) in [5, 5.41) is 13.0. The van der Waals surface area contributed by atoms with Gasteiger partial charge in [0.05, 0.1) is 12.0 Å². The van der Waals surface area contributed by atoms with Crippen molar-refractivity contribution in [1.82, 2.24) is 19.8 Å². The van der Waals surface area contributed by atoms with Crippen LogP contribution in [0, 0.1) is 5.92 Å². The fraction of sp³-hybridized carbons (Fsp3) is 0.524. The summed E-state index contributed by atoms with van der Waals surface area (Å²) in [7, 11) is 0. The van der Waals surface area contributed by atoms with Crippen LogP contribution in [0.1, 0.15) is 33.9 Å². The molecule has 162 valence electrons. The van der Waals surface area contributed by atoms with E-state index in [1.807, 2.05) is 12.1 Å². The van der Waals surface area contributed by atoms with Crippen LogP contribution in [-0.4, -0.2) is 57.4 Å². The third kappa shape index (κ3) is 4.67. The second-order valence-electron chi connectivity index (χ2n) is 8.09. The van der Waals surface area contributed by atoms with Gasteiger partial charge in [-0.25, -0.2) is 4.98 Å². The number of aryl methyl sites for hydroxylation is 1. The van der Waals surface area contributed by atoms with E-state index in [0.717, 1.165) is 19.5 Å². The molecular weight excluding hydrogens is 397 g/mol. The van der Waals surface area contributed by atoms with Crippen LogP contribution in [0.15, 0.2) is 30.5 Å².